The van der Waals surface area contributed by atoms with E-state index in [0.29, 0.717) is 11.6 Å². The van der Waals surface area contributed by atoms with Gasteiger partial charge in [-0.25, -0.2) is 9.48 Å². The Kier molecular flexibility index (Phi) is 8.23. The van der Waals surface area contributed by atoms with Crippen molar-refractivity contribution in [3.05, 3.63) is 70.9 Å². The maximum absolute atomic E-state index is 12.9. The van der Waals surface area contributed by atoms with E-state index in [-0.39, 0.29) is 23.5 Å². The maximum Gasteiger partial charge on any atom is 0.416 e. The van der Waals surface area contributed by atoms with Gasteiger partial charge in [0.1, 0.15) is 10.8 Å². The second-order valence-corrected chi connectivity index (χ2v) is 9.97. The molecule has 0 spiro atoms. The average Bonchev–Trinajstić information content (AvgIpc) is 3.26. The number of esters is 1. The second-order valence-electron chi connectivity index (χ2n) is 8.68. The van der Waals surface area contributed by atoms with E-state index in [2.05, 4.69) is 10.3 Å². The summed E-state index contributed by atoms with van der Waals surface area (Å²) in [5, 5.41) is 9.26. The molecule has 4 rings (SSSR count). The van der Waals surface area contributed by atoms with E-state index < -0.39 is 17.7 Å². The second kappa shape index (κ2) is 11.4. The highest BCUT2D eigenvalue weighted by Crippen LogP contribution is 2.41. The number of hydrogen-bond acceptors (Lipinski definition) is 6. The molecule has 192 valence electrons. The summed E-state index contributed by atoms with van der Waals surface area (Å²) in [5.74, 6) is 0.472. The Balaban J connectivity index is 1.45. The van der Waals surface area contributed by atoms with E-state index in [9.17, 15) is 18.0 Å². The highest BCUT2D eigenvalue weighted by Gasteiger charge is 2.31. The van der Waals surface area contributed by atoms with Crippen LogP contribution in [0.1, 0.15) is 65.7 Å². The summed E-state index contributed by atoms with van der Waals surface area (Å²) in [6.07, 6.45) is -0.874. The minimum atomic E-state index is -4.33. The SMILES string of the molecule is CCOC(=O)c1nnn(Cc2ccc(OC)cc2)c1SC1CCC(c2ccc(C(F)(F)F)cc2)CC1. The number of nitrogens with zero attached hydrogens (tertiary/aromatic N) is 3. The van der Waals surface area contributed by atoms with Gasteiger partial charge in [-0.05, 0) is 73.9 Å². The molecule has 0 bridgehead atoms. The van der Waals surface area contributed by atoms with Gasteiger partial charge in [0.05, 0.1) is 25.8 Å². The van der Waals surface area contributed by atoms with Crippen molar-refractivity contribution in [3.8, 4) is 5.75 Å². The Bertz CT molecular complexity index is 1160. The van der Waals surface area contributed by atoms with Crippen molar-refractivity contribution in [3.63, 3.8) is 0 Å². The van der Waals surface area contributed by atoms with Gasteiger partial charge in [-0.2, -0.15) is 13.2 Å². The Morgan fingerprint density at radius 2 is 1.72 bits per heavy atom. The highest BCUT2D eigenvalue weighted by molar-refractivity contribution is 7.99. The first kappa shape index (κ1) is 26.1. The number of halogens is 3. The Morgan fingerprint density at radius 3 is 2.31 bits per heavy atom. The summed E-state index contributed by atoms with van der Waals surface area (Å²) >= 11 is 1.57. The molecule has 10 heteroatoms. The normalized spacial score (nSPS) is 18.1. The van der Waals surface area contributed by atoms with Gasteiger partial charge in [0.2, 0.25) is 5.69 Å². The van der Waals surface area contributed by atoms with E-state index in [0.717, 1.165) is 54.7 Å². The quantitative estimate of drug-likeness (QED) is 0.323. The third-order valence-corrected chi connectivity index (χ3v) is 7.74. The first-order valence-electron chi connectivity index (χ1n) is 11.9. The molecule has 1 aliphatic carbocycles. The van der Waals surface area contributed by atoms with E-state index in [4.69, 9.17) is 9.47 Å². The first-order chi connectivity index (χ1) is 17.3. The molecule has 0 amide bonds. The molecule has 3 aromatic rings. The standard InChI is InChI=1S/C26H28F3N3O3S/c1-3-35-25(33)23-24(32(31-30-23)16-17-4-12-21(34-2)13-5-17)36-22-14-8-19(9-15-22)18-6-10-20(11-7-18)26(27,28)29/h4-7,10-13,19,22H,3,8-9,14-16H2,1-2H3. The van der Waals surface area contributed by atoms with Crippen LogP contribution in [0.15, 0.2) is 53.6 Å². The summed E-state index contributed by atoms with van der Waals surface area (Å²) < 4.78 is 50.8. The van der Waals surface area contributed by atoms with E-state index >= 15 is 0 Å². The smallest absolute Gasteiger partial charge is 0.416 e. The van der Waals surface area contributed by atoms with Crippen molar-refractivity contribution < 1.29 is 27.4 Å². The number of ether oxygens (including phenoxy) is 2. The largest absolute Gasteiger partial charge is 0.497 e. The maximum atomic E-state index is 12.9. The summed E-state index contributed by atoms with van der Waals surface area (Å²) in [4.78, 5) is 12.5. The number of aromatic nitrogens is 3. The van der Waals surface area contributed by atoms with Gasteiger partial charge < -0.3 is 9.47 Å². The summed E-state index contributed by atoms with van der Waals surface area (Å²) in [7, 11) is 1.61. The summed E-state index contributed by atoms with van der Waals surface area (Å²) in [5.41, 5.74) is 1.51. The van der Waals surface area contributed by atoms with Gasteiger partial charge >= 0.3 is 12.1 Å². The van der Waals surface area contributed by atoms with E-state index in [1.165, 1.54) is 0 Å². The molecule has 0 saturated heterocycles. The molecule has 0 aliphatic heterocycles. The van der Waals surface area contributed by atoms with Gasteiger partial charge in [-0.1, -0.05) is 29.5 Å². The Morgan fingerprint density at radius 1 is 1.06 bits per heavy atom. The van der Waals surface area contributed by atoms with Gasteiger partial charge in [-0.3, -0.25) is 0 Å². The molecule has 6 nitrogen and oxygen atoms in total. The third-order valence-electron chi connectivity index (χ3n) is 6.31. The van der Waals surface area contributed by atoms with Crippen molar-refractivity contribution in [1.82, 2.24) is 15.0 Å². The lowest BCUT2D eigenvalue weighted by Gasteiger charge is -2.28. The number of rotatable bonds is 8. The van der Waals surface area contributed by atoms with E-state index in [1.54, 1.807) is 42.6 Å². The van der Waals surface area contributed by atoms with Crippen molar-refractivity contribution in [2.24, 2.45) is 0 Å². The number of methoxy groups -OCH3 is 1. The van der Waals surface area contributed by atoms with Gasteiger partial charge in [0.25, 0.3) is 0 Å². The van der Waals surface area contributed by atoms with Crippen molar-refractivity contribution in [2.45, 2.75) is 61.5 Å². The predicted octanol–water partition coefficient (Wildman–Crippen LogP) is 6.35. The van der Waals surface area contributed by atoms with Crippen LogP contribution in [-0.2, 0) is 17.5 Å². The zero-order valence-electron chi connectivity index (χ0n) is 20.1. The molecule has 1 saturated carbocycles. The molecule has 1 fully saturated rings. The Labute approximate surface area is 212 Å². The molecule has 2 aromatic carbocycles. The van der Waals surface area contributed by atoms with Crippen LogP contribution in [0.2, 0.25) is 0 Å². The molecule has 0 unspecified atom stereocenters. The van der Waals surface area contributed by atoms with Crippen LogP contribution in [0, 0.1) is 0 Å². The van der Waals surface area contributed by atoms with Gasteiger partial charge in [0.15, 0.2) is 0 Å². The van der Waals surface area contributed by atoms with Crippen molar-refractivity contribution in [2.75, 3.05) is 13.7 Å². The molecule has 1 heterocycles. The fourth-order valence-electron chi connectivity index (χ4n) is 4.37. The lowest BCUT2D eigenvalue weighted by Crippen LogP contribution is -2.17. The number of hydrogen-bond donors (Lipinski definition) is 0. The van der Waals surface area contributed by atoms with Crippen LogP contribution in [0.3, 0.4) is 0 Å². The number of alkyl halides is 3. The summed E-state index contributed by atoms with van der Waals surface area (Å²) in [6.45, 7) is 2.43. The minimum Gasteiger partial charge on any atom is -0.497 e. The molecule has 0 atom stereocenters. The van der Waals surface area contributed by atoms with Crippen LogP contribution in [0.4, 0.5) is 13.2 Å². The van der Waals surface area contributed by atoms with Gasteiger partial charge in [-0.15, -0.1) is 16.9 Å². The monoisotopic (exact) mass is 519 g/mol. The number of thioether (sulfide) groups is 1. The Hall–Kier alpha value is -3.01. The fourth-order valence-corrected chi connectivity index (χ4v) is 5.65. The first-order valence-corrected chi connectivity index (χ1v) is 12.7. The topological polar surface area (TPSA) is 66.2 Å². The zero-order valence-corrected chi connectivity index (χ0v) is 20.9. The van der Waals surface area contributed by atoms with Crippen LogP contribution in [0.25, 0.3) is 0 Å². The highest BCUT2D eigenvalue weighted by atomic mass is 32.2. The lowest BCUT2D eigenvalue weighted by molar-refractivity contribution is -0.137. The van der Waals surface area contributed by atoms with E-state index in [1.807, 2.05) is 24.3 Å². The van der Waals surface area contributed by atoms with Crippen molar-refractivity contribution in [1.29, 1.82) is 0 Å². The van der Waals surface area contributed by atoms with Crippen LogP contribution < -0.4 is 4.74 Å². The third kappa shape index (κ3) is 6.21. The van der Waals surface area contributed by atoms with Crippen LogP contribution in [0.5, 0.6) is 5.75 Å². The number of carbonyl (C=O) groups excluding carboxylic acids is 1. The van der Waals surface area contributed by atoms with Gasteiger partial charge in [0, 0.05) is 5.25 Å². The van der Waals surface area contributed by atoms with Crippen molar-refractivity contribution >= 4 is 17.7 Å². The minimum absolute atomic E-state index is 0.209. The lowest BCUT2D eigenvalue weighted by atomic mass is 9.83. The molecular formula is C26H28F3N3O3S. The molecule has 36 heavy (non-hydrogen) atoms. The predicted molar refractivity (Wildman–Crippen MR) is 130 cm³/mol. The molecule has 0 radical (unpaired) electrons. The molecule has 0 N–H and O–H groups in total. The zero-order chi connectivity index (χ0) is 25.7. The number of carbonyl (C=O) groups is 1. The number of benzene rings is 2. The summed E-state index contributed by atoms with van der Waals surface area (Å²) in [6, 6.07) is 13.1. The average molecular weight is 520 g/mol. The molecule has 1 aliphatic rings. The molecule has 1 aromatic heterocycles. The van der Waals surface area contributed by atoms with Crippen LogP contribution >= 0.6 is 11.8 Å². The fraction of sp³-hybridized carbons (Fsp3) is 0.423. The molecular weight excluding hydrogens is 491 g/mol. The van der Waals surface area contributed by atoms with Crippen LogP contribution in [-0.4, -0.2) is 39.9 Å².